The van der Waals surface area contributed by atoms with Crippen LogP contribution in [0.4, 0.5) is 0 Å². The second-order valence-electron chi connectivity index (χ2n) is 14.0. The molecule has 0 aromatic rings. The number of cyclic esters (lactones) is 1. The molecule has 12 heteroatoms. The molecule has 2 rings (SSSR count). The first-order chi connectivity index (χ1) is 21.8. The molecule has 12 nitrogen and oxygen atoms in total. The molecule has 2 heterocycles. The van der Waals surface area contributed by atoms with Crippen LogP contribution >= 0.6 is 0 Å². The summed E-state index contributed by atoms with van der Waals surface area (Å²) >= 11 is 0. The first-order valence-electron chi connectivity index (χ1n) is 16.5. The second kappa shape index (κ2) is 16.6. The van der Waals surface area contributed by atoms with Gasteiger partial charge >= 0.3 is 11.9 Å². The molecule has 0 spiro atoms. The minimum atomic E-state index is -2.01. The number of carbonyl (C=O) groups excluding carboxylic acids is 5. The molecule has 2 saturated heterocycles. The summed E-state index contributed by atoms with van der Waals surface area (Å²) in [6, 6.07) is -0.386. The number of esters is 2. The van der Waals surface area contributed by atoms with E-state index >= 15 is 0 Å². The van der Waals surface area contributed by atoms with Crippen LogP contribution in [0.5, 0.6) is 0 Å². The van der Waals surface area contributed by atoms with Crippen LogP contribution in [0.15, 0.2) is 0 Å². The Balaban J connectivity index is 2.69. The highest BCUT2D eigenvalue weighted by Gasteiger charge is 2.52. The fraction of sp³-hybridized carbons (Fsp3) is 0.800. The average Bonchev–Trinajstić information content (AvgIpc) is 3.02. The van der Waals surface area contributed by atoms with E-state index in [1.165, 1.54) is 34.6 Å². The molecule has 266 valence electrons. The number of hydrogen-bond acceptors (Lipinski definition) is 12. The summed E-state index contributed by atoms with van der Waals surface area (Å²) in [6.45, 7) is 14.0. The molecule has 13 atom stereocenters. The number of ether oxygens (including phenoxy) is 4. The van der Waals surface area contributed by atoms with E-state index in [-0.39, 0.29) is 25.0 Å². The monoisotopic (exact) mass is 665 g/mol. The molecule has 0 aromatic carbocycles. The standard InChI is InChI=1S/C35H55NO11/c1-12-14-15-36(11)25-16-20(4)44-33(29(25)45-24(8)38)47-31-22(6)28(40)23(7)32(42)46-26(13-2)35(10,43)30(41)21(5)27(39)19(3)17-34(31,9)18-37/h1,18-23,25-26,29-31,33,41,43H,13-17H2,2-11H3/t19-,20-,21+,22+,23-,25+,26-,29-,30-,31-,33+,34+,35-/m1/s1. The van der Waals surface area contributed by atoms with E-state index in [0.29, 0.717) is 25.7 Å². The predicted octanol–water partition coefficient (Wildman–Crippen LogP) is 2.49. The van der Waals surface area contributed by atoms with Crippen molar-refractivity contribution >= 4 is 29.8 Å². The highest BCUT2D eigenvalue weighted by atomic mass is 16.7. The van der Waals surface area contributed by atoms with E-state index in [2.05, 4.69) is 5.92 Å². The number of ketones is 2. The molecule has 2 aliphatic rings. The quantitative estimate of drug-likeness (QED) is 0.169. The summed E-state index contributed by atoms with van der Waals surface area (Å²) in [6.07, 6.45) is 0.351. The number of aliphatic hydroxyl groups excluding tert-OH is 1. The first kappa shape index (κ1) is 40.5. The maximum Gasteiger partial charge on any atom is 0.316 e. The minimum absolute atomic E-state index is 0.0984. The fourth-order valence-corrected chi connectivity index (χ4v) is 7.09. The molecule has 0 saturated carbocycles. The fourth-order valence-electron chi connectivity index (χ4n) is 7.09. The normalized spacial score (nSPS) is 41.0. The first-order valence-corrected chi connectivity index (χ1v) is 16.5. The zero-order chi connectivity index (χ0) is 36.0. The summed E-state index contributed by atoms with van der Waals surface area (Å²) in [7, 11) is 1.84. The molecular weight excluding hydrogens is 610 g/mol. The lowest BCUT2D eigenvalue weighted by molar-refractivity contribution is -0.287. The lowest BCUT2D eigenvalue weighted by Crippen LogP contribution is -2.59. The lowest BCUT2D eigenvalue weighted by Gasteiger charge is -2.47. The largest absolute Gasteiger partial charge is 0.459 e. The number of Topliss-reactive ketones (excluding diaryl/α,β-unsaturated/α-hetero) is 2. The summed E-state index contributed by atoms with van der Waals surface area (Å²) in [4.78, 5) is 68.3. The van der Waals surface area contributed by atoms with Gasteiger partial charge in [-0.15, -0.1) is 12.3 Å². The third-order valence-electron chi connectivity index (χ3n) is 9.98. The molecule has 0 amide bonds. The summed E-state index contributed by atoms with van der Waals surface area (Å²) in [5.74, 6) is -4.36. The van der Waals surface area contributed by atoms with E-state index in [1.54, 1.807) is 20.8 Å². The van der Waals surface area contributed by atoms with Gasteiger partial charge in [0.2, 0.25) is 0 Å². The van der Waals surface area contributed by atoms with Crippen LogP contribution in [-0.4, -0.2) is 107 Å². The molecule has 2 aliphatic heterocycles. The highest BCUT2D eigenvalue weighted by Crippen LogP contribution is 2.40. The lowest BCUT2D eigenvalue weighted by atomic mass is 9.69. The van der Waals surface area contributed by atoms with E-state index in [0.717, 1.165) is 0 Å². The van der Waals surface area contributed by atoms with Gasteiger partial charge in [0, 0.05) is 37.6 Å². The van der Waals surface area contributed by atoms with Gasteiger partial charge in [0.1, 0.15) is 29.7 Å². The van der Waals surface area contributed by atoms with Crippen molar-refractivity contribution < 1.29 is 53.1 Å². The van der Waals surface area contributed by atoms with Crippen LogP contribution in [0.25, 0.3) is 0 Å². The summed E-state index contributed by atoms with van der Waals surface area (Å²) in [5, 5.41) is 22.5. The molecule has 0 aliphatic carbocycles. The van der Waals surface area contributed by atoms with Crippen LogP contribution in [0.1, 0.15) is 88.0 Å². The van der Waals surface area contributed by atoms with E-state index in [9.17, 15) is 34.2 Å². The number of rotatable bonds is 8. The van der Waals surface area contributed by atoms with Gasteiger partial charge in [-0.3, -0.25) is 24.1 Å². The second-order valence-corrected chi connectivity index (χ2v) is 14.0. The van der Waals surface area contributed by atoms with Gasteiger partial charge in [0.05, 0.1) is 29.8 Å². The van der Waals surface area contributed by atoms with Gasteiger partial charge in [0.15, 0.2) is 18.2 Å². The highest BCUT2D eigenvalue weighted by molar-refractivity contribution is 6.00. The number of hydrogen-bond donors (Lipinski definition) is 2. The predicted molar refractivity (Wildman–Crippen MR) is 172 cm³/mol. The molecule has 0 aromatic heterocycles. The number of aldehydes is 1. The third-order valence-corrected chi connectivity index (χ3v) is 9.98. The average molecular weight is 666 g/mol. The van der Waals surface area contributed by atoms with Crippen molar-refractivity contribution in [1.82, 2.24) is 4.90 Å². The molecule has 47 heavy (non-hydrogen) atoms. The molecule has 0 unspecified atom stereocenters. The van der Waals surface area contributed by atoms with Crippen molar-refractivity contribution in [1.29, 1.82) is 0 Å². The van der Waals surface area contributed by atoms with Crippen LogP contribution in [0, 0.1) is 41.4 Å². The Bertz CT molecular complexity index is 1180. The number of carbonyl (C=O) groups is 5. The topological polar surface area (TPSA) is 166 Å². The maximum absolute atomic E-state index is 14.0. The Morgan fingerprint density at radius 1 is 1.13 bits per heavy atom. The van der Waals surface area contributed by atoms with Gasteiger partial charge in [-0.25, -0.2) is 0 Å². The smallest absolute Gasteiger partial charge is 0.316 e. The summed E-state index contributed by atoms with van der Waals surface area (Å²) < 4.78 is 24.1. The van der Waals surface area contributed by atoms with Gasteiger partial charge in [0.25, 0.3) is 0 Å². The molecular formula is C35H55NO11. The van der Waals surface area contributed by atoms with Gasteiger partial charge in [-0.1, -0.05) is 34.6 Å². The maximum atomic E-state index is 14.0. The zero-order valence-electron chi connectivity index (χ0n) is 29.6. The Morgan fingerprint density at radius 2 is 1.74 bits per heavy atom. The molecule has 0 bridgehead atoms. The van der Waals surface area contributed by atoms with Crippen molar-refractivity contribution in [2.75, 3.05) is 13.6 Å². The van der Waals surface area contributed by atoms with Crippen molar-refractivity contribution in [3.8, 4) is 12.3 Å². The van der Waals surface area contributed by atoms with Crippen molar-refractivity contribution in [2.24, 2.45) is 29.1 Å². The number of nitrogens with zero attached hydrogens (tertiary/aromatic N) is 1. The molecule has 2 fully saturated rings. The molecule has 2 N–H and O–H groups in total. The summed E-state index contributed by atoms with van der Waals surface area (Å²) in [5.41, 5.74) is -3.52. The van der Waals surface area contributed by atoms with E-state index in [4.69, 9.17) is 25.4 Å². The van der Waals surface area contributed by atoms with Crippen molar-refractivity contribution in [2.45, 2.75) is 136 Å². The van der Waals surface area contributed by atoms with Crippen LogP contribution in [0.2, 0.25) is 0 Å². The van der Waals surface area contributed by atoms with Gasteiger partial charge < -0.3 is 34.0 Å². The van der Waals surface area contributed by atoms with E-state index < -0.39 is 88.9 Å². The Kier molecular flexibility index (Phi) is 14.3. The minimum Gasteiger partial charge on any atom is -0.459 e. The van der Waals surface area contributed by atoms with E-state index in [1.807, 2.05) is 18.9 Å². The Labute approximate surface area is 279 Å². The molecule has 0 radical (unpaired) electrons. The van der Waals surface area contributed by atoms with Gasteiger partial charge in [-0.2, -0.15) is 0 Å². The number of aliphatic hydroxyl groups is 2. The van der Waals surface area contributed by atoms with Crippen LogP contribution < -0.4 is 0 Å². The van der Waals surface area contributed by atoms with Crippen molar-refractivity contribution in [3.63, 3.8) is 0 Å². The van der Waals surface area contributed by atoms with Crippen LogP contribution in [-0.2, 0) is 42.9 Å². The SMILES string of the molecule is C#CCCN(C)[C@H]1C[C@@H](C)O[C@@H](O[C@@H]2[C@@H](C)C(=O)[C@@H](C)C(=O)O[C@H](CC)[C@@](C)(O)[C@H](O)[C@@H](C)C(=O)[C@H](C)C[C@@]2(C)C=O)[C@@H]1OC(C)=O. The third kappa shape index (κ3) is 9.27. The number of likely N-dealkylation sites (N-methyl/N-ethyl adjacent to an activating group) is 1. The zero-order valence-corrected chi connectivity index (χ0v) is 29.6. The van der Waals surface area contributed by atoms with Gasteiger partial charge in [-0.05, 0) is 47.1 Å². The van der Waals surface area contributed by atoms with Crippen molar-refractivity contribution in [3.05, 3.63) is 0 Å². The Morgan fingerprint density at radius 3 is 2.28 bits per heavy atom. The number of terminal acetylenes is 1. The van der Waals surface area contributed by atoms with Crippen LogP contribution in [0.3, 0.4) is 0 Å². The Hall–Kier alpha value is -2.69.